The lowest BCUT2D eigenvalue weighted by Crippen LogP contribution is -2.43. The summed E-state index contributed by atoms with van der Waals surface area (Å²) in [6, 6.07) is 15.8. The maximum atomic E-state index is 13.1. The standard InChI is InChI=1S/C27H28N4O2/c1-18-8-9-23(26(32)29-17-19-5-4-12-28-16-19)25(30-18)20-10-13-31(14-11-20)27(33)24-15-21-6-2-3-7-22(21)24/h2-9,12,16,20,24H,10-11,13-15,17H2,1H3,(H,29,32). The Balaban J connectivity index is 1.24. The van der Waals surface area contributed by atoms with Crippen LogP contribution in [0.25, 0.3) is 0 Å². The number of amides is 2. The first kappa shape index (κ1) is 21.3. The normalized spacial score (nSPS) is 17.7. The van der Waals surface area contributed by atoms with Gasteiger partial charge in [-0.3, -0.25) is 19.6 Å². The molecule has 1 unspecified atom stereocenters. The van der Waals surface area contributed by atoms with E-state index in [-0.39, 0.29) is 23.7 Å². The number of piperidine rings is 1. The molecule has 33 heavy (non-hydrogen) atoms. The average molecular weight is 441 g/mol. The van der Waals surface area contributed by atoms with Crippen molar-refractivity contribution in [1.82, 2.24) is 20.2 Å². The van der Waals surface area contributed by atoms with Gasteiger partial charge in [-0.15, -0.1) is 0 Å². The summed E-state index contributed by atoms with van der Waals surface area (Å²) in [5.41, 5.74) is 5.80. The molecule has 0 radical (unpaired) electrons. The van der Waals surface area contributed by atoms with Gasteiger partial charge in [0.15, 0.2) is 0 Å². The number of carbonyl (C=O) groups is 2. The molecule has 3 heterocycles. The second-order valence-electron chi connectivity index (χ2n) is 8.98. The Kier molecular flexibility index (Phi) is 5.90. The third-order valence-corrected chi connectivity index (χ3v) is 6.83. The zero-order valence-electron chi connectivity index (χ0n) is 18.8. The summed E-state index contributed by atoms with van der Waals surface area (Å²) in [4.78, 5) is 36.9. The van der Waals surface area contributed by atoms with Crippen molar-refractivity contribution in [1.29, 1.82) is 0 Å². The minimum absolute atomic E-state index is 0.00339. The van der Waals surface area contributed by atoms with Crippen LogP contribution in [0.3, 0.4) is 0 Å². The fourth-order valence-corrected chi connectivity index (χ4v) is 4.93. The third-order valence-electron chi connectivity index (χ3n) is 6.83. The van der Waals surface area contributed by atoms with Crippen LogP contribution in [0.2, 0.25) is 0 Å². The zero-order chi connectivity index (χ0) is 22.8. The first-order valence-electron chi connectivity index (χ1n) is 11.6. The molecule has 168 valence electrons. The highest BCUT2D eigenvalue weighted by atomic mass is 16.2. The topological polar surface area (TPSA) is 75.2 Å². The third kappa shape index (κ3) is 4.38. The molecule has 2 aliphatic rings. The number of carbonyl (C=O) groups excluding carboxylic acids is 2. The number of aryl methyl sites for hydroxylation is 1. The van der Waals surface area contributed by atoms with Crippen LogP contribution in [0.5, 0.6) is 0 Å². The SMILES string of the molecule is Cc1ccc(C(=O)NCc2cccnc2)c(C2CCN(C(=O)C3Cc4ccccc43)CC2)n1. The van der Waals surface area contributed by atoms with Crippen LogP contribution in [0, 0.1) is 6.92 Å². The lowest BCUT2D eigenvalue weighted by molar-refractivity contribution is -0.134. The van der Waals surface area contributed by atoms with E-state index in [4.69, 9.17) is 4.98 Å². The van der Waals surface area contributed by atoms with Crippen molar-refractivity contribution >= 4 is 11.8 Å². The minimum atomic E-state index is -0.120. The lowest BCUT2D eigenvalue weighted by atomic mass is 9.76. The molecule has 1 atom stereocenters. The zero-order valence-corrected chi connectivity index (χ0v) is 18.8. The Morgan fingerprint density at radius 1 is 1.06 bits per heavy atom. The summed E-state index contributed by atoms with van der Waals surface area (Å²) >= 11 is 0. The summed E-state index contributed by atoms with van der Waals surface area (Å²) in [5.74, 6) is 0.287. The highest BCUT2D eigenvalue weighted by Gasteiger charge is 2.36. The van der Waals surface area contributed by atoms with Gasteiger partial charge in [0.05, 0.1) is 17.2 Å². The van der Waals surface area contributed by atoms with Gasteiger partial charge in [0.2, 0.25) is 5.91 Å². The highest BCUT2D eigenvalue weighted by molar-refractivity contribution is 5.95. The predicted molar refractivity (Wildman–Crippen MR) is 126 cm³/mol. The second kappa shape index (κ2) is 9.14. The van der Waals surface area contributed by atoms with Crippen LogP contribution in [-0.2, 0) is 17.8 Å². The minimum Gasteiger partial charge on any atom is -0.348 e. The number of fused-ring (bicyclic) bond motifs is 1. The van der Waals surface area contributed by atoms with Crippen LogP contribution < -0.4 is 5.32 Å². The van der Waals surface area contributed by atoms with Gasteiger partial charge in [-0.05, 0) is 61.1 Å². The molecule has 6 nitrogen and oxygen atoms in total. The van der Waals surface area contributed by atoms with E-state index in [1.165, 1.54) is 11.1 Å². The molecule has 1 aliphatic heterocycles. The molecule has 0 bridgehead atoms. The number of likely N-dealkylation sites (tertiary alicyclic amines) is 1. The van der Waals surface area contributed by atoms with Crippen molar-refractivity contribution in [2.24, 2.45) is 0 Å². The molecule has 0 saturated carbocycles. The number of pyridine rings is 2. The van der Waals surface area contributed by atoms with Crippen molar-refractivity contribution in [3.8, 4) is 0 Å². The molecule has 6 heteroatoms. The first-order chi connectivity index (χ1) is 16.1. The molecular formula is C27H28N4O2. The van der Waals surface area contributed by atoms with E-state index in [9.17, 15) is 9.59 Å². The number of nitrogens with zero attached hydrogens (tertiary/aromatic N) is 3. The van der Waals surface area contributed by atoms with E-state index in [1.807, 2.05) is 48.2 Å². The fraction of sp³-hybridized carbons (Fsp3) is 0.333. The number of hydrogen-bond acceptors (Lipinski definition) is 4. The Morgan fingerprint density at radius 2 is 1.88 bits per heavy atom. The molecule has 1 aliphatic carbocycles. The van der Waals surface area contributed by atoms with Crippen LogP contribution in [0.4, 0.5) is 0 Å². The smallest absolute Gasteiger partial charge is 0.253 e. The van der Waals surface area contributed by atoms with E-state index in [2.05, 4.69) is 22.4 Å². The van der Waals surface area contributed by atoms with E-state index in [1.54, 1.807) is 12.4 Å². The van der Waals surface area contributed by atoms with Crippen molar-refractivity contribution in [2.45, 2.75) is 44.6 Å². The molecule has 2 amide bonds. The number of benzene rings is 1. The van der Waals surface area contributed by atoms with Crippen molar-refractivity contribution < 1.29 is 9.59 Å². The molecule has 1 N–H and O–H groups in total. The Labute approximate surface area is 194 Å². The molecule has 2 aromatic heterocycles. The maximum Gasteiger partial charge on any atom is 0.253 e. The maximum absolute atomic E-state index is 13.1. The van der Waals surface area contributed by atoms with Crippen LogP contribution in [0.1, 0.15) is 63.1 Å². The van der Waals surface area contributed by atoms with E-state index in [0.29, 0.717) is 25.2 Å². The van der Waals surface area contributed by atoms with Gasteiger partial charge in [0, 0.05) is 43.6 Å². The number of hydrogen-bond donors (Lipinski definition) is 1. The average Bonchev–Trinajstić information content (AvgIpc) is 2.84. The largest absolute Gasteiger partial charge is 0.348 e. The summed E-state index contributed by atoms with van der Waals surface area (Å²) in [7, 11) is 0. The van der Waals surface area contributed by atoms with Crippen molar-refractivity contribution in [2.75, 3.05) is 13.1 Å². The molecule has 1 saturated heterocycles. The van der Waals surface area contributed by atoms with Gasteiger partial charge in [-0.1, -0.05) is 30.3 Å². The first-order valence-corrected chi connectivity index (χ1v) is 11.6. The van der Waals surface area contributed by atoms with Gasteiger partial charge in [0.25, 0.3) is 5.91 Å². The predicted octanol–water partition coefficient (Wildman–Crippen LogP) is 3.76. The quantitative estimate of drug-likeness (QED) is 0.656. The monoisotopic (exact) mass is 440 g/mol. The van der Waals surface area contributed by atoms with Crippen LogP contribution in [0.15, 0.2) is 60.9 Å². The lowest BCUT2D eigenvalue weighted by Gasteiger charge is -2.38. The number of nitrogens with one attached hydrogen (secondary N) is 1. The van der Waals surface area contributed by atoms with E-state index in [0.717, 1.165) is 36.2 Å². The van der Waals surface area contributed by atoms with Crippen LogP contribution >= 0.6 is 0 Å². The van der Waals surface area contributed by atoms with Gasteiger partial charge in [-0.2, -0.15) is 0 Å². The number of aromatic nitrogens is 2. The molecular weight excluding hydrogens is 412 g/mol. The van der Waals surface area contributed by atoms with Gasteiger partial charge in [0.1, 0.15) is 0 Å². The molecule has 3 aromatic rings. The molecule has 1 fully saturated rings. The van der Waals surface area contributed by atoms with Gasteiger partial charge < -0.3 is 10.2 Å². The van der Waals surface area contributed by atoms with Crippen molar-refractivity contribution in [3.05, 3.63) is 94.6 Å². The second-order valence-corrected chi connectivity index (χ2v) is 8.98. The summed E-state index contributed by atoms with van der Waals surface area (Å²) in [6.45, 7) is 3.78. The Hall–Kier alpha value is -3.54. The Morgan fingerprint density at radius 3 is 2.64 bits per heavy atom. The van der Waals surface area contributed by atoms with Crippen molar-refractivity contribution in [3.63, 3.8) is 0 Å². The van der Waals surface area contributed by atoms with Crippen LogP contribution in [-0.4, -0.2) is 39.8 Å². The Bertz CT molecular complexity index is 1170. The summed E-state index contributed by atoms with van der Waals surface area (Å²) in [5, 5.41) is 3.00. The fourth-order valence-electron chi connectivity index (χ4n) is 4.93. The molecule has 5 rings (SSSR count). The van der Waals surface area contributed by atoms with E-state index >= 15 is 0 Å². The van der Waals surface area contributed by atoms with E-state index < -0.39 is 0 Å². The number of rotatable bonds is 5. The molecule has 0 spiro atoms. The molecule has 1 aromatic carbocycles. The highest BCUT2D eigenvalue weighted by Crippen LogP contribution is 2.38. The summed E-state index contributed by atoms with van der Waals surface area (Å²) in [6.07, 6.45) is 5.95. The van der Waals surface area contributed by atoms with Gasteiger partial charge >= 0.3 is 0 Å². The van der Waals surface area contributed by atoms with Gasteiger partial charge in [-0.25, -0.2) is 0 Å². The summed E-state index contributed by atoms with van der Waals surface area (Å²) < 4.78 is 0.